The molecule has 108 valence electrons. The second-order valence-electron chi connectivity index (χ2n) is 4.76. The first-order valence-electron chi connectivity index (χ1n) is 5.90. The Balaban J connectivity index is 2.45. The minimum atomic E-state index is -4.98. The van der Waals surface area contributed by atoms with Gasteiger partial charge in [0.1, 0.15) is 0 Å². The summed E-state index contributed by atoms with van der Waals surface area (Å²) in [7, 11) is 0. The summed E-state index contributed by atoms with van der Waals surface area (Å²) in [6.07, 6.45) is -5.72. The Morgan fingerprint density at radius 1 is 1.35 bits per heavy atom. The fraction of sp³-hybridized carbons (Fsp3) is 0.385. The van der Waals surface area contributed by atoms with Crippen molar-refractivity contribution >= 4 is 11.6 Å². The van der Waals surface area contributed by atoms with Gasteiger partial charge in [-0.05, 0) is 25.5 Å². The second kappa shape index (κ2) is 4.59. The number of aliphatic hydroxyl groups is 1. The number of aryl methyl sites for hydroxylation is 1. The molecule has 0 unspecified atom stereocenters. The third kappa shape index (κ3) is 2.18. The molecule has 0 saturated heterocycles. The Morgan fingerprint density at radius 3 is 2.50 bits per heavy atom. The number of rotatable bonds is 1. The van der Waals surface area contributed by atoms with Gasteiger partial charge in [0.05, 0.1) is 0 Å². The Morgan fingerprint density at radius 2 is 1.95 bits per heavy atom. The average molecular weight is 286 g/mol. The van der Waals surface area contributed by atoms with Crippen LogP contribution < -0.4 is 0 Å². The van der Waals surface area contributed by atoms with Crippen LogP contribution >= 0.6 is 0 Å². The minimum Gasteiger partial charge on any atom is -0.362 e. The van der Waals surface area contributed by atoms with Crippen LogP contribution in [0.3, 0.4) is 0 Å². The summed E-state index contributed by atoms with van der Waals surface area (Å²) in [4.78, 5) is 12.2. The van der Waals surface area contributed by atoms with Gasteiger partial charge in [0, 0.05) is 17.7 Å². The van der Waals surface area contributed by atoms with Gasteiger partial charge in [-0.2, -0.15) is 23.3 Å². The number of hydrogen-bond acceptors (Lipinski definition) is 3. The molecule has 0 saturated carbocycles. The van der Waals surface area contributed by atoms with E-state index >= 15 is 0 Å². The molecule has 0 bridgehead atoms. The fourth-order valence-corrected chi connectivity index (χ4v) is 2.08. The first-order valence-corrected chi connectivity index (χ1v) is 5.90. The van der Waals surface area contributed by atoms with E-state index in [4.69, 9.17) is 0 Å². The van der Waals surface area contributed by atoms with Gasteiger partial charge in [-0.3, -0.25) is 4.79 Å². The zero-order valence-corrected chi connectivity index (χ0v) is 10.9. The van der Waals surface area contributed by atoms with Crippen LogP contribution in [0.25, 0.3) is 0 Å². The van der Waals surface area contributed by atoms with Crippen LogP contribution in [-0.4, -0.2) is 33.6 Å². The average Bonchev–Trinajstić information content (AvgIpc) is 2.65. The lowest BCUT2D eigenvalue weighted by Crippen LogP contribution is -2.56. The molecule has 0 spiro atoms. The molecule has 1 aromatic rings. The summed E-state index contributed by atoms with van der Waals surface area (Å²) in [5, 5.41) is 13.5. The minimum absolute atomic E-state index is 0.0479. The molecule has 7 heteroatoms. The topological polar surface area (TPSA) is 52.9 Å². The largest absolute Gasteiger partial charge is 0.438 e. The number of amides is 1. The normalized spacial score (nSPS) is 22.9. The van der Waals surface area contributed by atoms with Gasteiger partial charge in [-0.25, -0.2) is 0 Å². The van der Waals surface area contributed by atoms with Crippen LogP contribution in [-0.2, 0) is 0 Å². The molecule has 1 aliphatic heterocycles. The van der Waals surface area contributed by atoms with Crippen molar-refractivity contribution in [1.82, 2.24) is 5.01 Å². The SMILES string of the molecule is CC1=NN(C(=O)c2ccccc2C)[C@@](O)(C(F)(F)F)C1. The van der Waals surface area contributed by atoms with E-state index in [1.807, 2.05) is 0 Å². The molecule has 0 aromatic heterocycles. The number of nitrogens with zero attached hydrogens (tertiary/aromatic N) is 2. The lowest BCUT2D eigenvalue weighted by atomic mass is 10.0. The maximum Gasteiger partial charge on any atom is 0.438 e. The molecule has 20 heavy (non-hydrogen) atoms. The summed E-state index contributed by atoms with van der Waals surface area (Å²) in [6, 6.07) is 6.21. The molecule has 0 aliphatic carbocycles. The number of benzene rings is 1. The van der Waals surface area contributed by atoms with Crippen molar-refractivity contribution in [1.29, 1.82) is 0 Å². The summed E-state index contributed by atoms with van der Waals surface area (Å²) in [6.45, 7) is 2.94. The fourth-order valence-electron chi connectivity index (χ4n) is 2.08. The van der Waals surface area contributed by atoms with E-state index in [1.54, 1.807) is 25.1 Å². The van der Waals surface area contributed by atoms with Crippen LogP contribution in [0.2, 0.25) is 0 Å². The predicted octanol–water partition coefficient (Wildman–Crippen LogP) is 2.47. The quantitative estimate of drug-likeness (QED) is 0.862. The number of carbonyl (C=O) groups excluding carboxylic acids is 1. The van der Waals surface area contributed by atoms with E-state index in [9.17, 15) is 23.1 Å². The molecule has 1 aliphatic rings. The third-order valence-electron chi connectivity index (χ3n) is 3.15. The van der Waals surface area contributed by atoms with Crippen molar-refractivity contribution in [2.45, 2.75) is 32.2 Å². The molecule has 1 heterocycles. The number of hydrogen-bond donors (Lipinski definition) is 1. The zero-order chi connectivity index (χ0) is 15.1. The first kappa shape index (κ1) is 14.5. The van der Waals surface area contributed by atoms with Gasteiger partial charge in [0.25, 0.3) is 11.6 Å². The Labute approximate surface area is 113 Å². The van der Waals surface area contributed by atoms with Gasteiger partial charge in [0.15, 0.2) is 0 Å². The highest BCUT2D eigenvalue weighted by molar-refractivity contribution is 5.98. The summed E-state index contributed by atoms with van der Waals surface area (Å²) < 4.78 is 39.1. The highest BCUT2D eigenvalue weighted by Gasteiger charge is 2.62. The van der Waals surface area contributed by atoms with Crippen LogP contribution in [0.15, 0.2) is 29.4 Å². The van der Waals surface area contributed by atoms with Crippen molar-refractivity contribution in [3.05, 3.63) is 35.4 Å². The molecule has 0 fully saturated rings. The molecule has 1 N–H and O–H groups in total. The second-order valence-corrected chi connectivity index (χ2v) is 4.76. The van der Waals surface area contributed by atoms with E-state index in [0.717, 1.165) is 0 Å². The molecule has 2 rings (SSSR count). The highest BCUT2D eigenvalue weighted by Crippen LogP contribution is 2.40. The van der Waals surface area contributed by atoms with Crippen LogP contribution in [0.5, 0.6) is 0 Å². The number of halogens is 3. The molecule has 1 aromatic carbocycles. The van der Waals surface area contributed by atoms with E-state index in [0.29, 0.717) is 5.56 Å². The van der Waals surface area contributed by atoms with Crippen LogP contribution in [0.1, 0.15) is 29.3 Å². The van der Waals surface area contributed by atoms with Gasteiger partial charge in [-0.15, -0.1) is 0 Å². The van der Waals surface area contributed by atoms with Gasteiger partial charge < -0.3 is 5.11 Å². The zero-order valence-electron chi connectivity index (χ0n) is 10.9. The highest BCUT2D eigenvalue weighted by atomic mass is 19.4. The molecule has 1 amide bonds. The van der Waals surface area contributed by atoms with Crippen molar-refractivity contribution in [2.75, 3.05) is 0 Å². The van der Waals surface area contributed by atoms with Crippen molar-refractivity contribution < 1.29 is 23.1 Å². The molecular formula is C13H13F3N2O2. The lowest BCUT2D eigenvalue weighted by molar-refractivity contribution is -0.297. The van der Waals surface area contributed by atoms with Gasteiger partial charge >= 0.3 is 6.18 Å². The van der Waals surface area contributed by atoms with Crippen molar-refractivity contribution in [3.63, 3.8) is 0 Å². The Bertz CT molecular complexity index is 583. The number of alkyl halides is 3. The maximum atomic E-state index is 13.0. The van der Waals surface area contributed by atoms with Crippen molar-refractivity contribution in [3.8, 4) is 0 Å². The van der Waals surface area contributed by atoms with E-state index in [-0.39, 0.29) is 16.3 Å². The van der Waals surface area contributed by atoms with Crippen LogP contribution in [0, 0.1) is 6.92 Å². The van der Waals surface area contributed by atoms with Gasteiger partial charge in [0.2, 0.25) is 0 Å². The predicted molar refractivity (Wildman–Crippen MR) is 66.1 cm³/mol. The van der Waals surface area contributed by atoms with Gasteiger partial charge in [-0.1, -0.05) is 18.2 Å². The number of carbonyl (C=O) groups is 1. The molecule has 4 nitrogen and oxygen atoms in total. The molecule has 0 radical (unpaired) electrons. The summed E-state index contributed by atoms with van der Waals surface area (Å²) in [5.74, 6) is -0.972. The smallest absolute Gasteiger partial charge is 0.362 e. The monoisotopic (exact) mass is 286 g/mol. The standard InChI is InChI=1S/C13H13F3N2O2/c1-8-5-3-4-6-10(8)11(19)18-12(20,13(14,15)16)7-9(2)17-18/h3-6,20H,7H2,1-2H3/t12-/m0/s1. The lowest BCUT2D eigenvalue weighted by Gasteiger charge is -2.32. The molecular weight excluding hydrogens is 273 g/mol. The number of hydrazone groups is 1. The summed E-state index contributed by atoms with van der Waals surface area (Å²) in [5.41, 5.74) is -2.64. The molecule has 1 atom stereocenters. The Hall–Kier alpha value is -1.89. The third-order valence-corrected chi connectivity index (χ3v) is 3.15. The Kier molecular flexibility index (Phi) is 3.33. The van der Waals surface area contributed by atoms with E-state index in [1.165, 1.54) is 13.0 Å². The van der Waals surface area contributed by atoms with E-state index < -0.39 is 24.2 Å². The first-order chi connectivity index (χ1) is 9.17. The van der Waals surface area contributed by atoms with Crippen molar-refractivity contribution in [2.24, 2.45) is 5.10 Å². The maximum absolute atomic E-state index is 13.0. The van der Waals surface area contributed by atoms with E-state index in [2.05, 4.69) is 5.10 Å². The summed E-state index contributed by atoms with van der Waals surface area (Å²) >= 11 is 0. The van der Waals surface area contributed by atoms with Crippen LogP contribution in [0.4, 0.5) is 13.2 Å².